The lowest BCUT2D eigenvalue weighted by Gasteiger charge is -2.22. The van der Waals surface area contributed by atoms with E-state index in [0.717, 1.165) is 13.1 Å². The normalized spacial score (nSPS) is 22.0. The third-order valence-corrected chi connectivity index (χ3v) is 5.42. The topological polar surface area (TPSA) is 48.0 Å². The quantitative estimate of drug-likeness (QED) is 0.732. The minimum atomic E-state index is 0.0735. The van der Waals surface area contributed by atoms with E-state index in [1.54, 1.807) is 12.1 Å². The smallest absolute Gasteiger partial charge is 0.254 e. The fourth-order valence-corrected chi connectivity index (χ4v) is 4.27. The number of benzene rings is 1. The number of carbonyl (C=O) groups excluding carboxylic acids is 1. The zero-order valence-electron chi connectivity index (χ0n) is 16.3. The van der Waals surface area contributed by atoms with Gasteiger partial charge in [0, 0.05) is 18.7 Å². The first-order chi connectivity index (χ1) is 12.7. The van der Waals surface area contributed by atoms with Gasteiger partial charge in [-0.2, -0.15) is 0 Å². The first-order valence-corrected chi connectivity index (χ1v) is 10.0. The van der Waals surface area contributed by atoms with Gasteiger partial charge in [-0.15, -0.1) is 0 Å². The Balaban J connectivity index is 1.87. The zero-order chi connectivity index (χ0) is 18.5. The number of amides is 1. The second-order valence-corrected chi connectivity index (χ2v) is 7.12. The van der Waals surface area contributed by atoms with Crippen LogP contribution < -0.4 is 14.2 Å². The van der Waals surface area contributed by atoms with Gasteiger partial charge in [0.15, 0.2) is 11.5 Å². The van der Waals surface area contributed by atoms with Crippen LogP contribution >= 0.6 is 0 Å². The summed E-state index contributed by atoms with van der Waals surface area (Å²) < 4.78 is 17.2. The Morgan fingerprint density at radius 2 is 1.42 bits per heavy atom. The van der Waals surface area contributed by atoms with Gasteiger partial charge < -0.3 is 19.1 Å². The highest BCUT2D eigenvalue weighted by Crippen LogP contribution is 2.41. The molecule has 2 fully saturated rings. The van der Waals surface area contributed by atoms with Crippen molar-refractivity contribution in [3.8, 4) is 17.2 Å². The SMILES string of the molecule is CCOc1cc(C(=O)N2CC3CCCCC3C2)cc(OCC)c1OCC. The van der Waals surface area contributed by atoms with Gasteiger partial charge in [-0.1, -0.05) is 12.8 Å². The minimum absolute atomic E-state index is 0.0735. The number of fused-ring (bicyclic) bond motifs is 1. The van der Waals surface area contributed by atoms with Crippen LogP contribution in [0.3, 0.4) is 0 Å². The highest BCUT2D eigenvalue weighted by Gasteiger charge is 2.37. The van der Waals surface area contributed by atoms with E-state index >= 15 is 0 Å². The number of hydrogen-bond donors (Lipinski definition) is 0. The second kappa shape index (κ2) is 8.65. The first kappa shape index (κ1) is 18.9. The molecule has 1 saturated carbocycles. The van der Waals surface area contributed by atoms with Crippen LogP contribution in [0.2, 0.25) is 0 Å². The van der Waals surface area contributed by atoms with Crippen molar-refractivity contribution in [2.75, 3.05) is 32.9 Å². The van der Waals surface area contributed by atoms with Crippen LogP contribution in [0.5, 0.6) is 17.2 Å². The van der Waals surface area contributed by atoms with Crippen molar-refractivity contribution in [1.29, 1.82) is 0 Å². The number of rotatable bonds is 7. The van der Waals surface area contributed by atoms with E-state index in [1.807, 2.05) is 25.7 Å². The van der Waals surface area contributed by atoms with Crippen molar-refractivity contribution in [3.05, 3.63) is 17.7 Å². The third-order valence-electron chi connectivity index (χ3n) is 5.42. The van der Waals surface area contributed by atoms with Crippen LogP contribution in [-0.2, 0) is 0 Å². The predicted molar refractivity (Wildman–Crippen MR) is 101 cm³/mol. The first-order valence-electron chi connectivity index (χ1n) is 10.0. The minimum Gasteiger partial charge on any atom is -0.490 e. The molecule has 144 valence electrons. The highest BCUT2D eigenvalue weighted by atomic mass is 16.5. The molecule has 0 aromatic heterocycles. The van der Waals surface area contributed by atoms with Gasteiger partial charge in [-0.3, -0.25) is 4.79 Å². The summed E-state index contributed by atoms with van der Waals surface area (Å²) in [7, 11) is 0. The number of hydrogen-bond acceptors (Lipinski definition) is 4. The summed E-state index contributed by atoms with van der Waals surface area (Å²) in [6.45, 7) is 9.08. The van der Waals surface area contributed by atoms with Gasteiger partial charge in [-0.05, 0) is 57.6 Å². The molecule has 0 radical (unpaired) electrons. The molecule has 1 aromatic carbocycles. The highest BCUT2D eigenvalue weighted by molar-refractivity contribution is 5.96. The standard InChI is InChI=1S/C21H31NO4/c1-4-24-18-11-17(12-19(25-5-2)20(18)26-6-3)21(23)22-13-15-9-7-8-10-16(15)14-22/h11-12,15-16H,4-10,13-14H2,1-3H3. The van der Waals surface area contributed by atoms with Crippen molar-refractivity contribution < 1.29 is 19.0 Å². The van der Waals surface area contributed by atoms with Crippen LogP contribution in [0.1, 0.15) is 56.8 Å². The Hall–Kier alpha value is -1.91. The summed E-state index contributed by atoms with van der Waals surface area (Å²) in [5, 5.41) is 0. The monoisotopic (exact) mass is 361 g/mol. The molecule has 0 spiro atoms. The molecular formula is C21H31NO4. The molecule has 0 N–H and O–H groups in total. The van der Waals surface area contributed by atoms with Gasteiger partial charge in [0.05, 0.1) is 19.8 Å². The van der Waals surface area contributed by atoms with Gasteiger partial charge >= 0.3 is 0 Å². The Labute approximate surface area is 156 Å². The lowest BCUT2D eigenvalue weighted by atomic mass is 9.82. The summed E-state index contributed by atoms with van der Waals surface area (Å²) in [5.41, 5.74) is 0.624. The Morgan fingerprint density at radius 1 is 0.923 bits per heavy atom. The predicted octanol–water partition coefficient (Wildman–Crippen LogP) is 4.14. The van der Waals surface area contributed by atoms with Crippen LogP contribution in [0, 0.1) is 11.8 Å². The van der Waals surface area contributed by atoms with Gasteiger partial charge in [0.1, 0.15) is 0 Å². The Morgan fingerprint density at radius 3 is 1.88 bits per heavy atom. The van der Waals surface area contributed by atoms with Crippen LogP contribution in [0.25, 0.3) is 0 Å². The van der Waals surface area contributed by atoms with Gasteiger partial charge in [-0.25, -0.2) is 0 Å². The summed E-state index contributed by atoms with van der Waals surface area (Å²) >= 11 is 0. The summed E-state index contributed by atoms with van der Waals surface area (Å²) in [6.07, 6.45) is 5.11. The maximum atomic E-state index is 13.1. The van der Waals surface area contributed by atoms with E-state index in [4.69, 9.17) is 14.2 Å². The van der Waals surface area contributed by atoms with Crippen molar-refractivity contribution in [2.45, 2.75) is 46.5 Å². The van der Waals surface area contributed by atoms with Gasteiger partial charge in [0.2, 0.25) is 5.75 Å². The van der Waals surface area contributed by atoms with Crippen LogP contribution in [0.4, 0.5) is 0 Å². The van der Waals surface area contributed by atoms with E-state index in [0.29, 0.717) is 54.5 Å². The fraction of sp³-hybridized carbons (Fsp3) is 0.667. The van der Waals surface area contributed by atoms with E-state index in [1.165, 1.54) is 25.7 Å². The molecule has 5 nitrogen and oxygen atoms in total. The number of likely N-dealkylation sites (tertiary alicyclic amines) is 1. The molecule has 1 amide bonds. The van der Waals surface area contributed by atoms with Crippen molar-refractivity contribution >= 4 is 5.91 Å². The van der Waals surface area contributed by atoms with E-state index in [2.05, 4.69) is 0 Å². The van der Waals surface area contributed by atoms with E-state index < -0.39 is 0 Å². The molecule has 1 aliphatic heterocycles. The van der Waals surface area contributed by atoms with E-state index in [-0.39, 0.29) is 5.91 Å². The molecule has 2 atom stereocenters. The molecule has 1 saturated heterocycles. The van der Waals surface area contributed by atoms with Crippen molar-refractivity contribution in [2.24, 2.45) is 11.8 Å². The summed E-state index contributed by atoms with van der Waals surface area (Å²) in [5.74, 6) is 3.17. The fourth-order valence-electron chi connectivity index (χ4n) is 4.27. The van der Waals surface area contributed by atoms with Crippen LogP contribution in [0.15, 0.2) is 12.1 Å². The number of ether oxygens (including phenoxy) is 3. The molecule has 0 bridgehead atoms. The van der Waals surface area contributed by atoms with Crippen molar-refractivity contribution in [1.82, 2.24) is 4.90 Å². The van der Waals surface area contributed by atoms with Crippen molar-refractivity contribution in [3.63, 3.8) is 0 Å². The maximum Gasteiger partial charge on any atom is 0.254 e. The number of carbonyl (C=O) groups is 1. The zero-order valence-corrected chi connectivity index (χ0v) is 16.3. The molecule has 1 heterocycles. The Bertz CT molecular complexity index is 589. The second-order valence-electron chi connectivity index (χ2n) is 7.12. The number of nitrogens with zero attached hydrogens (tertiary/aromatic N) is 1. The molecule has 2 unspecified atom stereocenters. The average molecular weight is 361 g/mol. The summed E-state index contributed by atoms with van der Waals surface area (Å²) in [4.78, 5) is 15.2. The largest absolute Gasteiger partial charge is 0.490 e. The molecule has 1 aromatic rings. The maximum absolute atomic E-state index is 13.1. The van der Waals surface area contributed by atoms with Gasteiger partial charge in [0.25, 0.3) is 5.91 Å². The molecule has 1 aliphatic carbocycles. The van der Waals surface area contributed by atoms with Crippen LogP contribution in [-0.4, -0.2) is 43.7 Å². The van der Waals surface area contributed by atoms with E-state index in [9.17, 15) is 4.79 Å². The molecule has 26 heavy (non-hydrogen) atoms. The summed E-state index contributed by atoms with van der Waals surface area (Å²) in [6, 6.07) is 3.61. The lowest BCUT2D eigenvalue weighted by Crippen LogP contribution is -2.29. The molecule has 5 heteroatoms. The average Bonchev–Trinajstić information content (AvgIpc) is 3.08. The third kappa shape index (κ3) is 3.92. The molecule has 2 aliphatic rings. The Kier molecular flexibility index (Phi) is 6.28. The molecule has 3 rings (SSSR count). The lowest BCUT2D eigenvalue weighted by molar-refractivity contribution is 0.0783. The molecular weight excluding hydrogens is 330 g/mol.